The van der Waals surface area contributed by atoms with Gasteiger partial charge in [0.2, 0.25) is 0 Å². The van der Waals surface area contributed by atoms with E-state index in [0.717, 1.165) is 57.0 Å². The molecule has 2 aliphatic carbocycles. The van der Waals surface area contributed by atoms with Gasteiger partial charge in [-0.2, -0.15) is 0 Å². The van der Waals surface area contributed by atoms with E-state index in [0.29, 0.717) is 18.8 Å². The number of hydrogen-bond donors (Lipinski definition) is 1. The summed E-state index contributed by atoms with van der Waals surface area (Å²) in [7, 11) is 0. The minimum atomic E-state index is -0.440. The van der Waals surface area contributed by atoms with Crippen molar-refractivity contribution in [2.45, 2.75) is 38.2 Å². The molecule has 0 aromatic heterocycles. The Balaban J connectivity index is 1.11. The van der Waals surface area contributed by atoms with Crippen molar-refractivity contribution in [2.24, 2.45) is 17.8 Å². The molecule has 2 saturated carbocycles. The molecule has 4 atom stereocenters. The summed E-state index contributed by atoms with van der Waals surface area (Å²) in [5, 5.41) is 10.3. The molecule has 1 N–H and O–H groups in total. The Labute approximate surface area is 162 Å². The summed E-state index contributed by atoms with van der Waals surface area (Å²) in [4.78, 5) is 4.34. The first-order chi connectivity index (χ1) is 13.2. The van der Waals surface area contributed by atoms with Crippen molar-refractivity contribution in [1.82, 2.24) is 4.90 Å². The Bertz CT molecular complexity index is 606. The highest BCUT2D eigenvalue weighted by atomic mass is 19.1. The van der Waals surface area contributed by atoms with Crippen LogP contribution in [0.4, 0.5) is 10.1 Å². The van der Waals surface area contributed by atoms with E-state index in [4.69, 9.17) is 4.74 Å². The number of nitrogens with zero attached hydrogens (tertiary/aromatic N) is 2. The zero-order chi connectivity index (χ0) is 18.6. The fraction of sp³-hybridized carbons (Fsp3) is 0.727. The van der Waals surface area contributed by atoms with Crippen LogP contribution >= 0.6 is 0 Å². The topological polar surface area (TPSA) is 35.9 Å². The molecular formula is C22H33FN2O2. The third kappa shape index (κ3) is 4.82. The van der Waals surface area contributed by atoms with Crippen molar-refractivity contribution in [3.05, 3.63) is 30.1 Å². The van der Waals surface area contributed by atoms with Crippen LogP contribution in [0.25, 0.3) is 0 Å². The van der Waals surface area contributed by atoms with Gasteiger partial charge < -0.3 is 14.7 Å². The minimum Gasteiger partial charge on any atom is -0.389 e. The smallest absolute Gasteiger partial charge is 0.146 e. The quantitative estimate of drug-likeness (QED) is 0.707. The second kappa shape index (κ2) is 8.89. The van der Waals surface area contributed by atoms with Crippen molar-refractivity contribution in [3.8, 4) is 0 Å². The summed E-state index contributed by atoms with van der Waals surface area (Å²) < 4.78 is 19.7. The number of hydrogen-bond acceptors (Lipinski definition) is 4. The van der Waals surface area contributed by atoms with E-state index < -0.39 is 6.10 Å². The molecule has 0 unspecified atom stereocenters. The second-order valence-corrected chi connectivity index (χ2v) is 8.69. The highest BCUT2D eigenvalue weighted by Gasteiger charge is 2.38. The molecule has 2 bridgehead atoms. The molecule has 0 spiro atoms. The van der Waals surface area contributed by atoms with E-state index >= 15 is 0 Å². The molecule has 1 heterocycles. The van der Waals surface area contributed by atoms with Crippen LogP contribution in [-0.4, -0.2) is 62.0 Å². The van der Waals surface area contributed by atoms with Gasteiger partial charge in [0.15, 0.2) is 0 Å². The Kier molecular flexibility index (Phi) is 6.31. The number of aliphatic hydroxyl groups is 1. The van der Waals surface area contributed by atoms with E-state index in [2.05, 4.69) is 9.80 Å². The largest absolute Gasteiger partial charge is 0.389 e. The average Bonchev–Trinajstić information content (AvgIpc) is 3.30. The van der Waals surface area contributed by atoms with Gasteiger partial charge in [-0.05, 0) is 55.6 Å². The molecule has 27 heavy (non-hydrogen) atoms. The summed E-state index contributed by atoms with van der Waals surface area (Å²) >= 11 is 0. The van der Waals surface area contributed by atoms with Crippen LogP contribution < -0.4 is 4.90 Å². The summed E-state index contributed by atoms with van der Waals surface area (Å²) in [6.45, 7) is 5.12. The van der Waals surface area contributed by atoms with Gasteiger partial charge in [-0.3, -0.25) is 4.90 Å². The molecule has 1 aromatic rings. The summed E-state index contributed by atoms with van der Waals surface area (Å²) in [6.07, 6.45) is 6.46. The van der Waals surface area contributed by atoms with Gasteiger partial charge >= 0.3 is 0 Å². The van der Waals surface area contributed by atoms with Crippen LogP contribution in [0.2, 0.25) is 0 Å². The maximum Gasteiger partial charge on any atom is 0.146 e. The van der Waals surface area contributed by atoms with E-state index in [9.17, 15) is 9.50 Å². The second-order valence-electron chi connectivity index (χ2n) is 8.69. The molecule has 5 heteroatoms. The van der Waals surface area contributed by atoms with Crippen molar-refractivity contribution in [2.75, 3.05) is 50.8 Å². The number of halogens is 1. The lowest BCUT2D eigenvalue weighted by Crippen LogP contribution is -2.49. The third-order valence-corrected chi connectivity index (χ3v) is 6.86. The number of benzene rings is 1. The lowest BCUT2D eigenvalue weighted by molar-refractivity contribution is 0.0100. The first-order valence-corrected chi connectivity index (χ1v) is 10.7. The third-order valence-electron chi connectivity index (χ3n) is 6.86. The highest BCUT2D eigenvalue weighted by molar-refractivity contribution is 5.47. The highest BCUT2D eigenvalue weighted by Crippen LogP contribution is 2.49. The molecule has 4 nitrogen and oxygen atoms in total. The van der Waals surface area contributed by atoms with Gasteiger partial charge in [0, 0.05) is 39.3 Å². The molecule has 1 saturated heterocycles. The molecule has 150 valence electrons. The van der Waals surface area contributed by atoms with Gasteiger partial charge in [0.1, 0.15) is 5.82 Å². The molecular weight excluding hydrogens is 343 g/mol. The zero-order valence-electron chi connectivity index (χ0n) is 16.2. The minimum absolute atomic E-state index is 0.158. The van der Waals surface area contributed by atoms with E-state index in [-0.39, 0.29) is 5.82 Å². The zero-order valence-corrected chi connectivity index (χ0v) is 16.2. The van der Waals surface area contributed by atoms with Crippen LogP contribution in [-0.2, 0) is 4.74 Å². The predicted octanol–water partition coefficient (Wildman–Crippen LogP) is 3.15. The SMILES string of the molecule is O[C@H](COCC[C@H]1C[C@H]2CC[C@H]1C2)CN1CCN(c2ccccc2F)CC1. The molecule has 1 aliphatic heterocycles. The monoisotopic (exact) mass is 376 g/mol. The first-order valence-electron chi connectivity index (χ1n) is 10.7. The van der Waals surface area contributed by atoms with Crippen LogP contribution in [0.3, 0.4) is 0 Å². The first kappa shape index (κ1) is 19.2. The number of fused-ring (bicyclic) bond motifs is 2. The normalized spacial score (nSPS) is 29.4. The predicted molar refractivity (Wildman–Crippen MR) is 105 cm³/mol. The van der Waals surface area contributed by atoms with E-state index in [1.54, 1.807) is 6.07 Å². The lowest BCUT2D eigenvalue weighted by atomic mass is 9.87. The number of anilines is 1. The number of para-hydroxylation sites is 1. The van der Waals surface area contributed by atoms with Crippen molar-refractivity contribution in [3.63, 3.8) is 0 Å². The Hall–Kier alpha value is -1.17. The van der Waals surface area contributed by atoms with Crippen LogP contribution in [0, 0.1) is 23.6 Å². The molecule has 3 fully saturated rings. The number of rotatable bonds is 8. The summed E-state index contributed by atoms with van der Waals surface area (Å²) in [5.74, 6) is 2.66. The van der Waals surface area contributed by atoms with Crippen molar-refractivity contribution < 1.29 is 14.2 Å². The van der Waals surface area contributed by atoms with Crippen LogP contribution in [0.1, 0.15) is 32.1 Å². The summed E-state index contributed by atoms with van der Waals surface area (Å²) in [5.41, 5.74) is 0.682. The Morgan fingerprint density at radius 3 is 2.63 bits per heavy atom. The van der Waals surface area contributed by atoms with Crippen LogP contribution in [0.5, 0.6) is 0 Å². The number of ether oxygens (including phenoxy) is 1. The van der Waals surface area contributed by atoms with Gasteiger partial charge in [0.05, 0.1) is 18.4 Å². The number of aliphatic hydroxyl groups excluding tert-OH is 1. The van der Waals surface area contributed by atoms with E-state index in [1.807, 2.05) is 12.1 Å². The van der Waals surface area contributed by atoms with Gasteiger partial charge in [-0.15, -0.1) is 0 Å². The molecule has 4 rings (SSSR count). The van der Waals surface area contributed by atoms with Crippen molar-refractivity contribution in [1.29, 1.82) is 0 Å². The molecule has 1 aromatic carbocycles. The summed E-state index contributed by atoms with van der Waals surface area (Å²) in [6, 6.07) is 6.95. The molecule has 3 aliphatic rings. The fourth-order valence-electron chi connectivity index (χ4n) is 5.41. The maximum atomic E-state index is 13.9. The van der Waals surface area contributed by atoms with Crippen molar-refractivity contribution >= 4 is 5.69 Å². The van der Waals surface area contributed by atoms with Crippen LogP contribution in [0.15, 0.2) is 24.3 Å². The maximum absolute atomic E-state index is 13.9. The Morgan fingerprint density at radius 2 is 1.93 bits per heavy atom. The molecule has 0 amide bonds. The average molecular weight is 377 g/mol. The van der Waals surface area contributed by atoms with Gasteiger partial charge in [0.25, 0.3) is 0 Å². The van der Waals surface area contributed by atoms with E-state index in [1.165, 1.54) is 31.7 Å². The number of piperazine rings is 1. The van der Waals surface area contributed by atoms with Gasteiger partial charge in [-0.1, -0.05) is 18.6 Å². The fourth-order valence-corrected chi connectivity index (χ4v) is 5.41. The van der Waals surface area contributed by atoms with Gasteiger partial charge in [-0.25, -0.2) is 4.39 Å². The number of β-amino-alcohol motifs (C(OH)–C–C–N with tert-alkyl or cyclic N) is 1. The molecule has 0 radical (unpaired) electrons. The lowest BCUT2D eigenvalue weighted by Gasteiger charge is -2.37. The standard InChI is InChI=1S/C22H33FN2O2/c23-21-3-1-2-4-22(21)25-10-8-24(9-11-25)15-20(26)16-27-12-7-19-14-17-5-6-18(19)13-17/h1-4,17-20,26H,5-16H2/t17-,18-,19-,20-/m0/s1. The Morgan fingerprint density at radius 1 is 1.11 bits per heavy atom.